The van der Waals surface area contributed by atoms with E-state index in [1.54, 1.807) is 0 Å². The van der Waals surface area contributed by atoms with Gasteiger partial charge in [-0.3, -0.25) is 0 Å². The molecule has 2 nitrogen and oxygen atoms in total. The lowest BCUT2D eigenvalue weighted by Crippen LogP contribution is -2.45. The van der Waals surface area contributed by atoms with Crippen LogP contribution in [0.15, 0.2) is 0 Å². The predicted molar refractivity (Wildman–Crippen MR) is 83.3 cm³/mol. The van der Waals surface area contributed by atoms with Crippen LogP contribution < -0.4 is 11.1 Å². The van der Waals surface area contributed by atoms with Gasteiger partial charge in [0.25, 0.3) is 0 Å². The summed E-state index contributed by atoms with van der Waals surface area (Å²) < 4.78 is 0. The summed E-state index contributed by atoms with van der Waals surface area (Å²) in [6, 6.07) is 1.45. The molecule has 0 aromatic rings. The molecular weight excluding hydrogens is 232 g/mol. The lowest BCUT2D eigenvalue weighted by molar-refractivity contribution is 0.189. The zero-order valence-electron chi connectivity index (χ0n) is 13.1. The number of hydrogen-bond acceptors (Lipinski definition) is 2. The van der Waals surface area contributed by atoms with Gasteiger partial charge in [0.15, 0.2) is 0 Å². The Bertz CT molecular complexity index is 250. The Hall–Kier alpha value is -0.0800. The van der Waals surface area contributed by atoms with E-state index in [1.165, 1.54) is 70.6 Å². The molecule has 2 saturated carbocycles. The molecule has 2 aliphatic rings. The van der Waals surface area contributed by atoms with E-state index in [-0.39, 0.29) is 5.54 Å². The first-order valence-corrected chi connectivity index (χ1v) is 8.66. The van der Waals surface area contributed by atoms with E-state index < -0.39 is 0 Å². The van der Waals surface area contributed by atoms with Gasteiger partial charge in [0.1, 0.15) is 0 Å². The van der Waals surface area contributed by atoms with E-state index in [0.29, 0.717) is 6.04 Å². The van der Waals surface area contributed by atoms with Crippen LogP contribution in [0.2, 0.25) is 0 Å². The number of rotatable bonds is 5. The van der Waals surface area contributed by atoms with Crippen LogP contribution in [-0.2, 0) is 0 Å². The molecule has 2 fully saturated rings. The number of hydrogen-bond donors (Lipinski definition) is 2. The molecule has 0 radical (unpaired) electrons. The fraction of sp³-hybridized carbons (Fsp3) is 1.00. The molecule has 0 spiro atoms. The molecule has 19 heavy (non-hydrogen) atoms. The van der Waals surface area contributed by atoms with Crippen molar-refractivity contribution in [3.8, 4) is 0 Å². The summed E-state index contributed by atoms with van der Waals surface area (Å²) in [5.41, 5.74) is 6.81. The molecule has 0 aliphatic heterocycles. The summed E-state index contributed by atoms with van der Waals surface area (Å²) in [6.07, 6.45) is 14.7. The maximum atomic E-state index is 6.61. The van der Waals surface area contributed by atoms with Crippen molar-refractivity contribution in [2.45, 2.75) is 102 Å². The van der Waals surface area contributed by atoms with Gasteiger partial charge in [-0.1, -0.05) is 26.2 Å². The Kier molecular flexibility index (Phi) is 5.70. The van der Waals surface area contributed by atoms with Gasteiger partial charge in [-0.25, -0.2) is 0 Å². The zero-order chi connectivity index (χ0) is 13.7. The van der Waals surface area contributed by atoms with Crippen LogP contribution in [0, 0.1) is 5.92 Å². The Morgan fingerprint density at radius 1 is 1.11 bits per heavy atom. The van der Waals surface area contributed by atoms with Gasteiger partial charge in [0.05, 0.1) is 0 Å². The summed E-state index contributed by atoms with van der Waals surface area (Å²) in [5, 5.41) is 3.77. The molecule has 2 aliphatic carbocycles. The molecule has 0 amide bonds. The minimum Gasteiger partial charge on any atom is -0.325 e. The van der Waals surface area contributed by atoms with Crippen LogP contribution in [0.1, 0.15) is 84.5 Å². The predicted octanol–water partition coefficient (Wildman–Crippen LogP) is 3.99. The molecule has 3 N–H and O–H groups in total. The molecule has 2 rings (SSSR count). The molecule has 1 atom stereocenters. The third kappa shape index (κ3) is 4.75. The SMILES string of the molecule is CCC(C)NC1CCC(CC2(N)CCCCC2)CC1. The van der Waals surface area contributed by atoms with Crippen molar-refractivity contribution in [3.05, 3.63) is 0 Å². The van der Waals surface area contributed by atoms with E-state index in [9.17, 15) is 0 Å². The maximum Gasteiger partial charge on any atom is 0.0157 e. The standard InChI is InChI=1S/C17H34N2/c1-3-14(2)19-16-9-7-15(8-10-16)13-17(18)11-5-4-6-12-17/h14-16,19H,3-13,18H2,1-2H3. The second-order valence-electron chi connectivity index (χ2n) is 7.32. The fourth-order valence-corrected chi connectivity index (χ4v) is 4.09. The largest absolute Gasteiger partial charge is 0.325 e. The average molecular weight is 266 g/mol. The smallest absolute Gasteiger partial charge is 0.0157 e. The lowest BCUT2D eigenvalue weighted by Gasteiger charge is -2.39. The molecule has 0 saturated heterocycles. The van der Waals surface area contributed by atoms with Crippen LogP contribution in [-0.4, -0.2) is 17.6 Å². The highest BCUT2D eigenvalue weighted by Crippen LogP contribution is 2.36. The van der Waals surface area contributed by atoms with Crippen LogP contribution >= 0.6 is 0 Å². The zero-order valence-corrected chi connectivity index (χ0v) is 13.1. The molecule has 0 aromatic heterocycles. The van der Waals surface area contributed by atoms with E-state index in [0.717, 1.165) is 12.0 Å². The highest BCUT2D eigenvalue weighted by molar-refractivity contribution is 4.91. The van der Waals surface area contributed by atoms with Crippen LogP contribution in [0.25, 0.3) is 0 Å². The van der Waals surface area contributed by atoms with Crippen LogP contribution in [0.3, 0.4) is 0 Å². The lowest BCUT2D eigenvalue weighted by atomic mass is 9.72. The van der Waals surface area contributed by atoms with Crippen molar-refractivity contribution in [1.82, 2.24) is 5.32 Å². The molecule has 2 heteroatoms. The second kappa shape index (κ2) is 7.08. The monoisotopic (exact) mass is 266 g/mol. The molecule has 0 aromatic carbocycles. The van der Waals surface area contributed by atoms with Crippen molar-refractivity contribution in [2.24, 2.45) is 11.7 Å². The molecule has 0 heterocycles. The van der Waals surface area contributed by atoms with E-state index in [4.69, 9.17) is 5.73 Å². The fourth-order valence-electron chi connectivity index (χ4n) is 4.09. The Morgan fingerprint density at radius 2 is 1.74 bits per heavy atom. The van der Waals surface area contributed by atoms with Gasteiger partial charge >= 0.3 is 0 Å². The van der Waals surface area contributed by atoms with Gasteiger partial charge in [-0.15, -0.1) is 0 Å². The summed E-state index contributed by atoms with van der Waals surface area (Å²) in [6.45, 7) is 4.58. The van der Waals surface area contributed by atoms with Crippen molar-refractivity contribution in [3.63, 3.8) is 0 Å². The minimum absolute atomic E-state index is 0.194. The Balaban J connectivity index is 1.71. The highest BCUT2D eigenvalue weighted by Gasteiger charge is 2.32. The normalized spacial score (nSPS) is 33.0. The first-order valence-electron chi connectivity index (χ1n) is 8.66. The third-order valence-corrected chi connectivity index (χ3v) is 5.52. The highest BCUT2D eigenvalue weighted by atomic mass is 14.9. The number of nitrogens with two attached hydrogens (primary N) is 1. The first-order chi connectivity index (χ1) is 9.11. The van der Waals surface area contributed by atoms with Gasteiger partial charge in [-0.2, -0.15) is 0 Å². The summed E-state index contributed by atoms with van der Waals surface area (Å²) >= 11 is 0. The Morgan fingerprint density at radius 3 is 2.32 bits per heavy atom. The maximum absolute atomic E-state index is 6.61. The van der Waals surface area contributed by atoms with Crippen LogP contribution in [0.4, 0.5) is 0 Å². The van der Waals surface area contributed by atoms with Crippen molar-refractivity contribution in [2.75, 3.05) is 0 Å². The van der Waals surface area contributed by atoms with Gasteiger partial charge < -0.3 is 11.1 Å². The average Bonchev–Trinajstić information content (AvgIpc) is 2.41. The van der Waals surface area contributed by atoms with Crippen molar-refractivity contribution in [1.29, 1.82) is 0 Å². The quantitative estimate of drug-likeness (QED) is 0.790. The van der Waals surface area contributed by atoms with Crippen LogP contribution in [0.5, 0.6) is 0 Å². The van der Waals surface area contributed by atoms with Crippen molar-refractivity contribution < 1.29 is 0 Å². The Labute approximate surface area is 119 Å². The number of nitrogens with one attached hydrogen (secondary N) is 1. The van der Waals surface area contributed by atoms with E-state index in [1.807, 2.05) is 0 Å². The molecular formula is C17H34N2. The summed E-state index contributed by atoms with van der Waals surface area (Å²) in [5.74, 6) is 0.901. The second-order valence-corrected chi connectivity index (χ2v) is 7.32. The van der Waals surface area contributed by atoms with Gasteiger partial charge in [0.2, 0.25) is 0 Å². The molecule has 112 valence electrons. The summed E-state index contributed by atoms with van der Waals surface area (Å²) in [7, 11) is 0. The molecule has 1 unspecified atom stereocenters. The van der Waals surface area contributed by atoms with Gasteiger partial charge in [-0.05, 0) is 64.2 Å². The summed E-state index contributed by atoms with van der Waals surface area (Å²) in [4.78, 5) is 0. The molecule has 0 bridgehead atoms. The van der Waals surface area contributed by atoms with E-state index >= 15 is 0 Å². The minimum atomic E-state index is 0.194. The first kappa shape index (κ1) is 15.3. The van der Waals surface area contributed by atoms with Crippen molar-refractivity contribution >= 4 is 0 Å². The topological polar surface area (TPSA) is 38.0 Å². The van der Waals surface area contributed by atoms with E-state index in [2.05, 4.69) is 19.2 Å². The third-order valence-electron chi connectivity index (χ3n) is 5.52. The van der Waals surface area contributed by atoms with Gasteiger partial charge in [0, 0.05) is 17.6 Å².